The molecule has 0 spiro atoms. The minimum Gasteiger partial charge on any atom is -0.444 e. The summed E-state index contributed by atoms with van der Waals surface area (Å²) in [6.07, 6.45) is 5.48. The van der Waals surface area contributed by atoms with Crippen LogP contribution in [0.4, 0.5) is 10.5 Å². The van der Waals surface area contributed by atoms with Crippen molar-refractivity contribution in [2.24, 2.45) is 5.92 Å². The summed E-state index contributed by atoms with van der Waals surface area (Å²) in [6.45, 7) is 5.09. The molecule has 1 fully saturated rings. The molecule has 0 bridgehead atoms. The number of carbonyl (C=O) groups excluding carboxylic acids is 3. The summed E-state index contributed by atoms with van der Waals surface area (Å²) in [7, 11) is -4.32. The fourth-order valence-electron chi connectivity index (χ4n) is 3.56. The van der Waals surface area contributed by atoms with E-state index in [-0.39, 0.29) is 35.2 Å². The van der Waals surface area contributed by atoms with E-state index in [1.807, 2.05) is 6.08 Å². The van der Waals surface area contributed by atoms with Crippen LogP contribution in [-0.2, 0) is 24.3 Å². The first-order valence-corrected chi connectivity index (χ1v) is 12.1. The van der Waals surface area contributed by atoms with Gasteiger partial charge in [0.25, 0.3) is 15.9 Å². The van der Waals surface area contributed by atoms with Crippen LogP contribution in [0.3, 0.4) is 0 Å². The SMILES string of the molecule is CC(C)(C)OC(=O)N[C@]12C[C@H]1/C=C/CCCCC(=O)Nc1ccccc1S(=O)(=O)NC2=O. The Hall–Kier alpha value is -2.88. The maximum Gasteiger partial charge on any atom is 0.408 e. The number of sulfonamides is 1. The maximum atomic E-state index is 13.1. The minimum atomic E-state index is -4.32. The summed E-state index contributed by atoms with van der Waals surface area (Å²) in [5, 5.41) is 5.19. The number of rotatable bonds is 1. The van der Waals surface area contributed by atoms with Gasteiger partial charge in [-0.3, -0.25) is 9.59 Å². The molecule has 10 heteroatoms. The van der Waals surface area contributed by atoms with Gasteiger partial charge in [-0.15, -0.1) is 0 Å². The molecule has 174 valence electrons. The molecule has 0 radical (unpaired) electrons. The number of alkyl carbamates (subject to hydrolysis) is 1. The van der Waals surface area contributed by atoms with Gasteiger partial charge in [0.15, 0.2) is 0 Å². The molecule has 3 amide bonds. The lowest BCUT2D eigenvalue weighted by molar-refractivity contribution is -0.122. The predicted molar refractivity (Wildman–Crippen MR) is 118 cm³/mol. The Balaban J connectivity index is 1.93. The Morgan fingerprint density at radius 1 is 1.19 bits per heavy atom. The second-order valence-corrected chi connectivity index (χ2v) is 10.7. The zero-order chi connectivity index (χ0) is 23.6. The molecule has 1 aromatic rings. The van der Waals surface area contributed by atoms with Crippen LogP contribution in [0.5, 0.6) is 0 Å². The van der Waals surface area contributed by atoms with Crippen molar-refractivity contribution in [1.82, 2.24) is 10.0 Å². The number of nitrogens with one attached hydrogen (secondary N) is 3. The number of para-hydroxylation sites is 1. The molecule has 32 heavy (non-hydrogen) atoms. The van der Waals surface area contributed by atoms with E-state index in [0.717, 1.165) is 6.42 Å². The van der Waals surface area contributed by atoms with Crippen molar-refractivity contribution >= 4 is 33.6 Å². The summed E-state index contributed by atoms with van der Waals surface area (Å²) in [5.41, 5.74) is -2.11. The quantitative estimate of drug-likeness (QED) is 0.549. The van der Waals surface area contributed by atoms with Crippen molar-refractivity contribution in [3.05, 3.63) is 36.4 Å². The lowest BCUT2D eigenvalue weighted by Gasteiger charge is -2.24. The molecule has 1 aromatic carbocycles. The van der Waals surface area contributed by atoms with Crippen molar-refractivity contribution < 1.29 is 27.5 Å². The molecular weight excluding hydrogens is 434 g/mol. The third kappa shape index (κ3) is 5.67. The molecule has 1 aliphatic heterocycles. The Labute approximate surface area is 188 Å². The standard InChI is InChI=1S/C22H29N3O6S/c1-21(2,3)31-20(28)24-22-14-15(22)10-6-4-5-7-13-18(26)23-16-11-8-9-12-17(16)32(29,30)25-19(22)27/h6,8-12,15H,4-5,7,13-14H2,1-3H3,(H,23,26)(H,24,28)(H,25,27)/b10-6+/t15-,22-/m1/s1. The number of amides is 3. The smallest absolute Gasteiger partial charge is 0.408 e. The minimum absolute atomic E-state index is 0.0901. The number of hydrogen-bond donors (Lipinski definition) is 3. The summed E-state index contributed by atoms with van der Waals surface area (Å²) < 4.78 is 33.4. The number of allylic oxidation sites excluding steroid dienone is 1. The maximum absolute atomic E-state index is 13.1. The predicted octanol–water partition coefficient (Wildman–Crippen LogP) is 2.84. The number of hydrogen-bond acceptors (Lipinski definition) is 6. The Morgan fingerprint density at radius 2 is 1.91 bits per heavy atom. The highest BCUT2D eigenvalue weighted by Gasteiger charge is 2.61. The average Bonchev–Trinajstić information content (AvgIpc) is 3.36. The normalized spacial score (nSPS) is 26.7. The lowest BCUT2D eigenvalue weighted by Crippen LogP contribution is -2.52. The molecule has 2 aliphatic rings. The molecule has 1 aliphatic carbocycles. The van der Waals surface area contributed by atoms with E-state index in [1.54, 1.807) is 32.9 Å². The van der Waals surface area contributed by atoms with Crippen LogP contribution >= 0.6 is 0 Å². The van der Waals surface area contributed by atoms with Crippen molar-refractivity contribution in [2.75, 3.05) is 5.32 Å². The monoisotopic (exact) mass is 463 g/mol. The van der Waals surface area contributed by atoms with Gasteiger partial charge in [-0.05, 0) is 58.6 Å². The largest absolute Gasteiger partial charge is 0.444 e. The van der Waals surface area contributed by atoms with Crippen molar-refractivity contribution in [3.63, 3.8) is 0 Å². The number of anilines is 1. The van der Waals surface area contributed by atoms with Gasteiger partial charge >= 0.3 is 6.09 Å². The molecule has 0 saturated heterocycles. The van der Waals surface area contributed by atoms with Crippen LogP contribution in [0.2, 0.25) is 0 Å². The molecule has 3 N–H and O–H groups in total. The van der Waals surface area contributed by atoms with Gasteiger partial charge in [0.1, 0.15) is 16.0 Å². The van der Waals surface area contributed by atoms with E-state index in [4.69, 9.17) is 4.74 Å². The zero-order valence-corrected chi connectivity index (χ0v) is 19.3. The lowest BCUT2D eigenvalue weighted by atomic mass is 10.1. The fraction of sp³-hybridized carbons (Fsp3) is 0.500. The van der Waals surface area contributed by atoms with Crippen LogP contribution in [-0.4, -0.2) is 37.5 Å². The van der Waals surface area contributed by atoms with Crippen LogP contribution in [0.25, 0.3) is 0 Å². The Morgan fingerprint density at radius 3 is 2.62 bits per heavy atom. The highest BCUT2D eigenvalue weighted by molar-refractivity contribution is 7.90. The first kappa shape index (κ1) is 23.8. The van der Waals surface area contributed by atoms with Crippen LogP contribution < -0.4 is 15.4 Å². The molecular formula is C22H29N3O6S. The Bertz CT molecular complexity index is 1040. The molecule has 9 nitrogen and oxygen atoms in total. The van der Waals surface area contributed by atoms with E-state index >= 15 is 0 Å². The van der Waals surface area contributed by atoms with Crippen LogP contribution in [0.1, 0.15) is 52.9 Å². The van der Waals surface area contributed by atoms with E-state index < -0.39 is 33.2 Å². The third-order valence-electron chi connectivity index (χ3n) is 5.21. The van der Waals surface area contributed by atoms with Gasteiger partial charge in [-0.2, -0.15) is 0 Å². The topological polar surface area (TPSA) is 131 Å². The number of benzene rings is 1. The van der Waals surface area contributed by atoms with Crippen LogP contribution in [0.15, 0.2) is 41.3 Å². The van der Waals surface area contributed by atoms with Crippen molar-refractivity contribution in [1.29, 1.82) is 0 Å². The number of ether oxygens (including phenoxy) is 1. The first-order valence-electron chi connectivity index (χ1n) is 10.6. The molecule has 0 aromatic heterocycles. The Kier molecular flexibility index (Phi) is 6.64. The van der Waals surface area contributed by atoms with E-state index in [2.05, 4.69) is 15.4 Å². The van der Waals surface area contributed by atoms with E-state index in [1.165, 1.54) is 18.2 Å². The number of carbonyl (C=O) groups is 3. The van der Waals surface area contributed by atoms with Crippen molar-refractivity contribution in [3.8, 4) is 0 Å². The summed E-state index contributed by atoms with van der Waals surface area (Å²) in [5.74, 6) is -1.52. The fourth-order valence-corrected chi connectivity index (χ4v) is 4.76. The summed E-state index contributed by atoms with van der Waals surface area (Å²) in [6, 6.07) is 5.87. The molecule has 1 saturated carbocycles. The van der Waals surface area contributed by atoms with Gasteiger partial charge in [0.05, 0.1) is 5.69 Å². The van der Waals surface area contributed by atoms with Gasteiger partial charge in [0, 0.05) is 12.3 Å². The van der Waals surface area contributed by atoms with Crippen LogP contribution in [0, 0.1) is 5.92 Å². The third-order valence-corrected chi connectivity index (χ3v) is 6.60. The molecule has 2 atom stereocenters. The van der Waals surface area contributed by atoms with Gasteiger partial charge < -0.3 is 15.4 Å². The van der Waals surface area contributed by atoms with E-state index in [9.17, 15) is 22.8 Å². The highest BCUT2D eigenvalue weighted by Crippen LogP contribution is 2.45. The highest BCUT2D eigenvalue weighted by atomic mass is 32.2. The van der Waals surface area contributed by atoms with Crippen molar-refractivity contribution in [2.45, 2.75) is 68.9 Å². The zero-order valence-electron chi connectivity index (χ0n) is 18.4. The summed E-state index contributed by atoms with van der Waals surface area (Å²) in [4.78, 5) is 37.5. The summed E-state index contributed by atoms with van der Waals surface area (Å²) >= 11 is 0. The van der Waals surface area contributed by atoms with Gasteiger partial charge in [0.2, 0.25) is 5.91 Å². The molecule has 3 rings (SSSR count). The van der Waals surface area contributed by atoms with E-state index in [0.29, 0.717) is 12.8 Å². The second-order valence-electron chi connectivity index (χ2n) is 9.06. The molecule has 0 unspecified atom stereocenters. The average molecular weight is 464 g/mol. The van der Waals surface area contributed by atoms with Gasteiger partial charge in [-0.25, -0.2) is 17.9 Å². The van der Waals surface area contributed by atoms with Gasteiger partial charge in [-0.1, -0.05) is 24.3 Å². The molecule has 1 heterocycles. The first-order chi connectivity index (χ1) is 14.9. The number of fused-ring (bicyclic) bond motifs is 2. The second kappa shape index (κ2) is 8.93.